The first-order valence-corrected chi connectivity index (χ1v) is 7.52. The number of hydrogen-bond donors (Lipinski definition) is 1. The Balaban J connectivity index is 2.00. The largest absolute Gasteiger partial charge is 0.505 e. The van der Waals surface area contributed by atoms with Crippen LogP contribution in [0.3, 0.4) is 0 Å². The Morgan fingerprint density at radius 2 is 2.05 bits per heavy atom. The second-order valence-electron chi connectivity index (χ2n) is 5.10. The molecule has 0 amide bonds. The molecule has 1 aliphatic heterocycles. The number of piperidine rings is 1. The number of aromatic hydroxyl groups is 1. The molecule has 1 N–H and O–H groups in total. The standard InChI is InChI=1S/C15H17BrN2O/c16-13-9-11(10-18-7-2-1-3-8-18)12-5-4-6-17-14(12)15(13)19/h4-6,9,19H,1-3,7-8,10H2. The number of phenolic OH excluding ortho intramolecular Hbond substituents is 1. The molecule has 0 saturated carbocycles. The maximum Gasteiger partial charge on any atom is 0.156 e. The van der Waals surface area contributed by atoms with E-state index in [1.807, 2.05) is 18.2 Å². The summed E-state index contributed by atoms with van der Waals surface area (Å²) in [7, 11) is 0. The summed E-state index contributed by atoms with van der Waals surface area (Å²) in [4.78, 5) is 6.78. The van der Waals surface area contributed by atoms with Crippen LogP contribution in [0.4, 0.5) is 0 Å². The van der Waals surface area contributed by atoms with Crippen molar-refractivity contribution in [1.29, 1.82) is 0 Å². The van der Waals surface area contributed by atoms with Crippen LogP contribution >= 0.6 is 15.9 Å². The number of nitrogens with zero attached hydrogens (tertiary/aromatic N) is 2. The minimum absolute atomic E-state index is 0.234. The smallest absolute Gasteiger partial charge is 0.156 e. The first-order valence-electron chi connectivity index (χ1n) is 6.73. The molecule has 100 valence electrons. The van der Waals surface area contributed by atoms with Crippen LogP contribution in [-0.4, -0.2) is 28.1 Å². The van der Waals surface area contributed by atoms with Gasteiger partial charge >= 0.3 is 0 Å². The summed E-state index contributed by atoms with van der Waals surface area (Å²) in [5.41, 5.74) is 1.92. The molecule has 3 rings (SSSR count). The Hall–Kier alpha value is -1.13. The fourth-order valence-corrected chi connectivity index (χ4v) is 3.22. The van der Waals surface area contributed by atoms with Crippen LogP contribution in [0.2, 0.25) is 0 Å². The number of aromatic nitrogens is 1. The Kier molecular flexibility index (Phi) is 3.71. The lowest BCUT2D eigenvalue weighted by atomic mass is 10.1. The van der Waals surface area contributed by atoms with Gasteiger partial charge in [0, 0.05) is 18.1 Å². The Labute approximate surface area is 121 Å². The van der Waals surface area contributed by atoms with Crippen molar-refractivity contribution in [3.05, 3.63) is 34.4 Å². The van der Waals surface area contributed by atoms with E-state index in [0.29, 0.717) is 5.52 Å². The van der Waals surface area contributed by atoms with Crippen LogP contribution in [-0.2, 0) is 6.54 Å². The molecular formula is C15H17BrN2O. The average Bonchev–Trinajstić information content (AvgIpc) is 2.46. The van der Waals surface area contributed by atoms with Crippen molar-refractivity contribution in [2.24, 2.45) is 0 Å². The SMILES string of the molecule is Oc1c(Br)cc(CN2CCCCC2)c2cccnc12. The Morgan fingerprint density at radius 3 is 2.84 bits per heavy atom. The van der Waals surface area contributed by atoms with Gasteiger partial charge in [-0.2, -0.15) is 0 Å². The van der Waals surface area contributed by atoms with Crippen molar-refractivity contribution in [3.63, 3.8) is 0 Å². The molecule has 0 radical (unpaired) electrons. The predicted octanol–water partition coefficient (Wildman–Crippen LogP) is 3.69. The van der Waals surface area contributed by atoms with E-state index in [2.05, 4.69) is 25.8 Å². The fourth-order valence-electron chi connectivity index (χ4n) is 2.75. The average molecular weight is 321 g/mol. The zero-order valence-electron chi connectivity index (χ0n) is 10.8. The van der Waals surface area contributed by atoms with Crippen molar-refractivity contribution in [1.82, 2.24) is 9.88 Å². The molecule has 0 atom stereocenters. The van der Waals surface area contributed by atoms with Gasteiger partial charge in [0.15, 0.2) is 5.75 Å². The summed E-state index contributed by atoms with van der Waals surface area (Å²) in [6, 6.07) is 5.98. The number of phenols is 1. The van der Waals surface area contributed by atoms with Crippen LogP contribution in [0.15, 0.2) is 28.9 Å². The highest BCUT2D eigenvalue weighted by Crippen LogP contribution is 2.34. The van der Waals surface area contributed by atoms with Crippen molar-refractivity contribution < 1.29 is 5.11 Å². The molecule has 2 heterocycles. The first-order chi connectivity index (χ1) is 9.25. The van der Waals surface area contributed by atoms with E-state index in [-0.39, 0.29) is 5.75 Å². The molecule has 19 heavy (non-hydrogen) atoms. The van der Waals surface area contributed by atoms with Gasteiger partial charge in [0.05, 0.1) is 4.47 Å². The van der Waals surface area contributed by atoms with Gasteiger partial charge in [-0.05, 0) is 59.6 Å². The summed E-state index contributed by atoms with van der Waals surface area (Å²) in [6.07, 6.45) is 5.64. The van der Waals surface area contributed by atoms with Crippen LogP contribution < -0.4 is 0 Å². The summed E-state index contributed by atoms with van der Waals surface area (Å²) in [5.74, 6) is 0.234. The molecule has 3 nitrogen and oxygen atoms in total. The van der Waals surface area contributed by atoms with Gasteiger partial charge in [-0.3, -0.25) is 9.88 Å². The third kappa shape index (κ3) is 2.60. The van der Waals surface area contributed by atoms with Crippen molar-refractivity contribution in [2.45, 2.75) is 25.8 Å². The predicted molar refractivity (Wildman–Crippen MR) is 80.2 cm³/mol. The number of rotatable bonds is 2. The quantitative estimate of drug-likeness (QED) is 0.916. The third-order valence-corrected chi connectivity index (χ3v) is 4.35. The van der Waals surface area contributed by atoms with Crippen LogP contribution in [0.5, 0.6) is 5.75 Å². The molecule has 0 unspecified atom stereocenters. The zero-order valence-corrected chi connectivity index (χ0v) is 12.4. The molecule has 0 bridgehead atoms. The summed E-state index contributed by atoms with van der Waals surface area (Å²) in [5, 5.41) is 11.1. The minimum atomic E-state index is 0.234. The monoisotopic (exact) mass is 320 g/mol. The van der Waals surface area contributed by atoms with E-state index >= 15 is 0 Å². The summed E-state index contributed by atoms with van der Waals surface area (Å²) in [6.45, 7) is 3.27. The van der Waals surface area contributed by atoms with Gasteiger partial charge in [-0.1, -0.05) is 12.5 Å². The number of hydrogen-bond acceptors (Lipinski definition) is 3. The van der Waals surface area contributed by atoms with E-state index in [4.69, 9.17) is 0 Å². The van der Waals surface area contributed by atoms with Crippen LogP contribution in [0.25, 0.3) is 10.9 Å². The van der Waals surface area contributed by atoms with Gasteiger partial charge < -0.3 is 5.11 Å². The molecule has 2 aromatic rings. The normalized spacial score (nSPS) is 16.9. The van der Waals surface area contributed by atoms with Gasteiger partial charge in [-0.25, -0.2) is 0 Å². The Morgan fingerprint density at radius 1 is 1.26 bits per heavy atom. The van der Waals surface area contributed by atoms with E-state index in [1.165, 1.54) is 37.9 Å². The van der Waals surface area contributed by atoms with Crippen LogP contribution in [0.1, 0.15) is 24.8 Å². The number of pyridine rings is 1. The van der Waals surface area contributed by atoms with Gasteiger partial charge in [-0.15, -0.1) is 0 Å². The molecule has 1 saturated heterocycles. The van der Waals surface area contributed by atoms with E-state index in [1.54, 1.807) is 6.20 Å². The molecular weight excluding hydrogens is 304 g/mol. The lowest BCUT2D eigenvalue weighted by Gasteiger charge is -2.27. The number of fused-ring (bicyclic) bond motifs is 1. The fraction of sp³-hybridized carbons (Fsp3) is 0.400. The topological polar surface area (TPSA) is 36.4 Å². The van der Waals surface area contributed by atoms with Gasteiger partial charge in [0.2, 0.25) is 0 Å². The van der Waals surface area contributed by atoms with Crippen molar-refractivity contribution >= 4 is 26.8 Å². The second kappa shape index (κ2) is 5.47. The Bertz CT molecular complexity index is 594. The lowest BCUT2D eigenvalue weighted by Crippen LogP contribution is -2.29. The zero-order chi connectivity index (χ0) is 13.2. The molecule has 4 heteroatoms. The number of likely N-dealkylation sites (tertiary alicyclic amines) is 1. The highest BCUT2D eigenvalue weighted by atomic mass is 79.9. The highest BCUT2D eigenvalue weighted by molar-refractivity contribution is 9.10. The highest BCUT2D eigenvalue weighted by Gasteiger charge is 2.15. The molecule has 0 spiro atoms. The summed E-state index contributed by atoms with van der Waals surface area (Å²) >= 11 is 3.42. The third-order valence-electron chi connectivity index (χ3n) is 3.75. The molecule has 1 aromatic heterocycles. The van der Waals surface area contributed by atoms with Gasteiger partial charge in [0.1, 0.15) is 5.52 Å². The minimum Gasteiger partial charge on any atom is -0.505 e. The first kappa shape index (κ1) is 12.9. The van der Waals surface area contributed by atoms with Crippen LogP contribution in [0, 0.1) is 0 Å². The maximum absolute atomic E-state index is 10.1. The maximum atomic E-state index is 10.1. The van der Waals surface area contributed by atoms with E-state index in [9.17, 15) is 5.11 Å². The van der Waals surface area contributed by atoms with E-state index < -0.39 is 0 Å². The lowest BCUT2D eigenvalue weighted by molar-refractivity contribution is 0.221. The molecule has 1 fully saturated rings. The summed E-state index contributed by atoms with van der Waals surface area (Å²) < 4.78 is 0.728. The number of benzene rings is 1. The molecule has 1 aromatic carbocycles. The number of halogens is 1. The van der Waals surface area contributed by atoms with Gasteiger partial charge in [0.25, 0.3) is 0 Å². The van der Waals surface area contributed by atoms with Crippen molar-refractivity contribution in [2.75, 3.05) is 13.1 Å². The molecule has 0 aliphatic carbocycles. The second-order valence-corrected chi connectivity index (χ2v) is 5.96. The van der Waals surface area contributed by atoms with E-state index in [0.717, 1.165) is 16.4 Å². The molecule has 1 aliphatic rings. The van der Waals surface area contributed by atoms with Crippen molar-refractivity contribution in [3.8, 4) is 5.75 Å².